The topological polar surface area (TPSA) is 76.4 Å². The lowest BCUT2D eigenvalue weighted by atomic mass is 9.84. The van der Waals surface area contributed by atoms with Gasteiger partial charge >= 0.3 is 6.03 Å². The molecule has 0 bridgehead atoms. The Morgan fingerprint density at radius 2 is 1.89 bits per heavy atom. The summed E-state index contributed by atoms with van der Waals surface area (Å²) in [5.74, 6) is 0. The first-order chi connectivity index (χ1) is 9.24. The van der Waals surface area contributed by atoms with E-state index in [0.717, 1.165) is 38.7 Å². The normalized spacial score (nSPS) is 27.3. The van der Waals surface area contributed by atoms with Crippen molar-refractivity contribution in [3.05, 3.63) is 0 Å². The number of nitrogens with one attached hydrogen (secondary N) is 2. The molecule has 1 saturated heterocycles. The zero-order chi connectivity index (χ0) is 13.6. The van der Waals surface area contributed by atoms with Crippen LogP contribution in [0.4, 0.5) is 4.79 Å². The molecular weight excluding hydrogens is 242 g/mol. The predicted octanol–water partition coefficient (Wildman–Crippen LogP) is 1.52. The summed E-state index contributed by atoms with van der Waals surface area (Å²) in [6.07, 6.45) is 9.03. The molecule has 2 amide bonds. The van der Waals surface area contributed by atoms with Crippen LogP contribution < -0.4 is 16.4 Å². The highest BCUT2D eigenvalue weighted by Gasteiger charge is 2.31. The fraction of sp³-hybridized carbons (Fsp3) is 0.929. The molecule has 4 N–H and O–H groups in total. The van der Waals surface area contributed by atoms with Gasteiger partial charge in [0.2, 0.25) is 0 Å². The zero-order valence-electron chi connectivity index (χ0n) is 11.7. The van der Waals surface area contributed by atoms with Crippen molar-refractivity contribution in [3.63, 3.8) is 0 Å². The van der Waals surface area contributed by atoms with E-state index in [4.69, 9.17) is 10.5 Å². The summed E-state index contributed by atoms with van der Waals surface area (Å²) >= 11 is 0. The lowest BCUT2D eigenvalue weighted by molar-refractivity contribution is 0.184. The number of carbonyl (C=O) groups excluding carboxylic acids is 1. The summed E-state index contributed by atoms with van der Waals surface area (Å²) < 4.78 is 5.27. The molecule has 1 aliphatic carbocycles. The third-order valence-electron chi connectivity index (χ3n) is 4.34. The Kier molecular flexibility index (Phi) is 5.45. The van der Waals surface area contributed by atoms with Gasteiger partial charge in [0.15, 0.2) is 0 Å². The van der Waals surface area contributed by atoms with E-state index in [0.29, 0.717) is 13.2 Å². The second-order valence-electron chi connectivity index (χ2n) is 5.91. The van der Waals surface area contributed by atoms with E-state index >= 15 is 0 Å². The van der Waals surface area contributed by atoms with Crippen molar-refractivity contribution < 1.29 is 9.53 Å². The molecule has 1 atom stereocenters. The SMILES string of the molecule is NCC1(NC(=O)NC2CCOC2)CCCCCCC1. The van der Waals surface area contributed by atoms with E-state index in [1.807, 2.05) is 0 Å². The van der Waals surface area contributed by atoms with Crippen molar-refractivity contribution in [3.8, 4) is 0 Å². The molecule has 0 aromatic carbocycles. The predicted molar refractivity (Wildman–Crippen MR) is 75.0 cm³/mol. The fourth-order valence-corrected chi connectivity index (χ4v) is 3.07. The number of hydrogen-bond donors (Lipinski definition) is 3. The maximum atomic E-state index is 12.1. The molecule has 5 heteroatoms. The van der Waals surface area contributed by atoms with Gasteiger partial charge in [-0.25, -0.2) is 4.79 Å². The van der Waals surface area contributed by atoms with E-state index in [1.54, 1.807) is 0 Å². The van der Waals surface area contributed by atoms with Crippen LogP contribution in [0.15, 0.2) is 0 Å². The smallest absolute Gasteiger partial charge is 0.315 e. The molecule has 19 heavy (non-hydrogen) atoms. The summed E-state index contributed by atoms with van der Waals surface area (Å²) in [6, 6.07) is 0.0740. The van der Waals surface area contributed by atoms with Gasteiger partial charge < -0.3 is 21.1 Å². The van der Waals surface area contributed by atoms with E-state index in [1.165, 1.54) is 19.3 Å². The number of rotatable bonds is 3. The molecule has 110 valence electrons. The molecule has 2 aliphatic rings. The molecule has 0 aromatic heterocycles. The summed E-state index contributed by atoms with van der Waals surface area (Å²) in [5, 5.41) is 6.14. The van der Waals surface area contributed by atoms with Crippen LogP contribution in [0.1, 0.15) is 51.4 Å². The van der Waals surface area contributed by atoms with Gasteiger partial charge in [-0.2, -0.15) is 0 Å². The molecule has 1 saturated carbocycles. The second-order valence-corrected chi connectivity index (χ2v) is 5.91. The quantitative estimate of drug-likeness (QED) is 0.727. The van der Waals surface area contributed by atoms with Gasteiger partial charge in [-0.3, -0.25) is 0 Å². The summed E-state index contributed by atoms with van der Waals surface area (Å²) in [4.78, 5) is 12.1. The highest BCUT2D eigenvalue weighted by atomic mass is 16.5. The molecule has 0 radical (unpaired) electrons. The molecule has 0 spiro atoms. The Balaban J connectivity index is 1.86. The Bertz CT molecular complexity index is 282. The van der Waals surface area contributed by atoms with Crippen molar-refractivity contribution in [1.82, 2.24) is 10.6 Å². The maximum Gasteiger partial charge on any atom is 0.315 e. The van der Waals surface area contributed by atoms with Crippen LogP contribution >= 0.6 is 0 Å². The average Bonchev–Trinajstić information content (AvgIpc) is 2.85. The van der Waals surface area contributed by atoms with Crippen molar-refractivity contribution in [1.29, 1.82) is 0 Å². The van der Waals surface area contributed by atoms with Crippen molar-refractivity contribution in [2.75, 3.05) is 19.8 Å². The Labute approximate surface area is 115 Å². The fourth-order valence-electron chi connectivity index (χ4n) is 3.07. The van der Waals surface area contributed by atoms with E-state index in [-0.39, 0.29) is 17.6 Å². The number of hydrogen-bond acceptors (Lipinski definition) is 3. The highest BCUT2D eigenvalue weighted by Crippen LogP contribution is 2.25. The molecule has 2 rings (SSSR count). The lowest BCUT2D eigenvalue weighted by Gasteiger charge is -2.35. The minimum absolute atomic E-state index is 0.0819. The monoisotopic (exact) mass is 269 g/mol. The zero-order valence-corrected chi connectivity index (χ0v) is 11.7. The number of nitrogens with two attached hydrogens (primary N) is 1. The summed E-state index contributed by atoms with van der Waals surface area (Å²) in [5.41, 5.74) is 5.74. The van der Waals surface area contributed by atoms with Gasteiger partial charge in [0.25, 0.3) is 0 Å². The van der Waals surface area contributed by atoms with E-state index in [2.05, 4.69) is 10.6 Å². The van der Waals surface area contributed by atoms with Crippen LogP contribution in [0.2, 0.25) is 0 Å². The van der Waals surface area contributed by atoms with E-state index in [9.17, 15) is 4.79 Å². The van der Waals surface area contributed by atoms with Gasteiger partial charge in [-0.05, 0) is 19.3 Å². The third kappa shape index (κ3) is 4.35. The first-order valence-electron chi connectivity index (χ1n) is 7.61. The number of amides is 2. The Morgan fingerprint density at radius 3 is 2.47 bits per heavy atom. The molecule has 2 fully saturated rings. The van der Waals surface area contributed by atoms with Gasteiger partial charge in [-0.15, -0.1) is 0 Å². The third-order valence-corrected chi connectivity index (χ3v) is 4.34. The van der Waals surface area contributed by atoms with Gasteiger partial charge in [0.05, 0.1) is 18.2 Å². The van der Waals surface area contributed by atoms with Crippen molar-refractivity contribution in [2.24, 2.45) is 5.73 Å². The van der Waals surface area contributed by atoms with Crippen LogP contribution in [0.3, 0.4) is 0 Å². The molecular formula is C14H27N3O2. The molecule has 1 unspecified atom stereocenters. The molecule has 1 aliphatic heterocycles. The first-order valence-corrected chi connectivity index (χ1v) is 7.61. The minimum atomic E-state index is -0.204. The second kappa shape index (κ2) is 7.10. The first kappa shape index (κ1) is 14.6. The van der Waals surface area contributed by atoms with Gasteiger partial charge in [0.1, 0.15) is 0 Å². The van der Waals surface area contributed by atoms with Crippen molar-refractivity contribution in [2.45, 2.75) is 62.9 Å². The highest BCUT2D eigenvalue weighted by molar-refractivity contribution is 5.75. The van der Waals surface area contributed by atoms with Crippen LogP contribution in [-0.4, -0.2) is 37.4 Å². The standard InChI is InChI=1S/C14H27N3O2/c15-11-14(7-4-2-1-3-5-8-14)17-13(18)16-12-6-9-19-10-12/h12H,1-11,15H2,(H2,16,17,18). The molecule has 5 nitrogen and oxygen atoms in total. The maximum absolute atomic E-state index is 12.1. The average molecular weight is 269 g/mol. The number of urea groups is 1. The molecule has 1 heterocycles. The number of ether oxygens (including phenoxy) is 1. The van der Waals surface area contributed by atoms with Crippen LogP contribution in [0.25, 0.3) is 0 Å². The summed E-state index contributed by atoms with van der Waals surface area (Å²) in [7, 11) is 0. The minimum Gasteiger partial charge on any atom is -0.379 e. The Hall–Kier alpha value is -0.810. The van der Waals surface area contributed by atoms with Crippen LogP contribution in [0.5, 0.6) is 0 Å². The van der Waals surface area contributed by atoms with Crippen LogP contribution in [-0.2, 0) is 4.74 Å². The molecule has 0 aromatic rings. The Morgan fingerprint density at radius 1 is 1.21 bits per heavy atom. The van der Waals surface area contributed by atoms with Crippen LogP contribution in [0, 0.1) is 0 Å². The van der Waals surface area contributed by atoms with Gasteiger partial charge in [-0.1, -0.05) is 32.1 Å². The number of carbonyl (C=O) groups is 1. The largest absolute Gasteiger partial charge is 0.379 e. The van der Waals surface area contributed by atoms with E-state index < -0.39 is 0 Å². The van der Waals surface area contributed by atoms with Gasteiger partial charge in [0, 0.05) is 13.2 Å². The van der Waals surface area contributed by atoms with Crippen molar-refractivity contribution >= 4 is 6.03 Å². The lowest BCUT2D eigenvalue weighted by Crippen LogP contribution is -2.58. The summed E-state index contributed by atoms with van der Waals surface area (Å²) in [6.45, 7) is 1.90.